The third kappa shape index (κ3) is 4.72. The van der Waals surface area contributed by atoms with Crippen LogP contribution < -0.4 is 22.7 Å². The van der Waals surface area contributed by atoms with Gasteiger partial charge in [0.15, 0.2) is 5.69 Å². The van der Waals surface area contributed by atoms with Crippen LogP contribution in [0.4, 0.5) is 24.5 Å². The molecule has 148 valence electrons. The minimum Gasteiger partial charge on any atom is -1.00 e. The van der Waals surface area contributed by atoms with E-state index in [1.807, 2.05) is 6.92 Å². The van der Waals surface area contributed by atoms with E-state index >= 15 is 0 Å². The Bertz CT molecular complexity index is 1010. The van der Waals surface area contributed by atoms with Gasteiger partial charge >= 0.3 is 12.1 Å². The fraction of sp³-hybridized carbons (Fsp3) is 0.200. The highest BCUT2D eigenvalue weighted by atomic mass is 35.5. The molecule has 0 aliphatic heterocycles. The lowest BCUT2D eigenvalue weighted by molar-refractivity contribution is -0.354. The number of aromatic amines is 1. The zero-order chi connectivity index (χ0) is 19.6. The molecule has 28 heavy (non-hydrogen) atoms. The highest BCUT2D eigenvalue weighted by molar-refractivity contribution is 5.98. The number of H-pyrrole nitrogens is 1. The second-order valence-electron chi connectivity index (χ2n) is 6.05. The smallest absolute Gasteiger partial charge is 0.416 e. The van der Waals surface area contributed by atoms with Gasteiger partial charge in [0, 0.05) is 24.7 Å². The number of ether oxygens (including phenoxy) is 1. The molecule has 8 heteroatoms. The second kappa shape index (κ2) is 8.48. The van der Waals surface area contributed by atoms with Crippen LogP contribution in [0.3, 0.4) is 0 Å². The van der Waals surface area contributed by atoms with Crippen LogP contribution in [0.5, 0.6) is 0 Å². The summed E-state index contributed by atoms with van der Waals surface area (Å²) in [7, 11) is 0. The number of nitrogens with one attached hydrogen (secondary N) is 2. The van der Waals surface area contributed by atoms with E-state index in [9.17, 15) is 18.0 Å². The summed E-state index contributed by atoms with van der Waals surface area (Å²) in [6, 6.07) is 11.8. The molecule has 0 bridgehead atoms. The molecule has 2 N–H and O–H groups in total. The molecule has 1 heterocycles. The number of fused-ring (bicyclic) bond motifs is 1. The molecule has 4 nitrogen and oxygen atoms in total. The van der Waals surface area contributed by atoms with Gasteiger partial charge in [-0.3, -0.25) is 0 Å². The van der Waals surface area contributed by atoms with E-state index in [-0.39, 0.29) is 19.0 Å². The first-order valence-electron chi connectivity index (χ1n) is 8.36. The highest BCUT2D eigenvalue weighted by Crippen LogP contribution is 2.32. The van der Waals surface area contributed by atoms with Gasteiger partial charge < -0.3 is 22.5 Å². The predicted octanol–water partition coefficient (Wildman–Crippen LogP) is 1.91. The molecule has 0 radical (unpaired) electrons. The molecular formula is C20H18ClF3N2O2. The second-order valence-corrected chi connectivity index (χ2v) is 6.05. The van der Waals surface area contributed by atoms with Crippen molar-refractivity contribution in [1.29, 1.82) is 0 Å². The molecule has 1 aromatic heterocycles. The van der Waals surface area contributed by atoms with Gasteiger partial charge in [-0.05, 0) is 37.3 Å². The maximum atomic E-state index is 13.0. The number of halogens is 4. The van der Waals surface area contributed by atoms with E-state index in [1.165, 1.54) is 6.07 Å². The number of rotatable bonds is 4. The van der Waals surface area contributed by atoms with Crippen molar-refractivity contribution in [3.63, 3.8) is 0 Å². The highest BCUT2D eigenvalue weighted by Gasteiger charge is 2.30. The van der Waals surface area contributed by atoms with Crippen LogP contribution in [0, 0.1) is 6.92 Å². The van der Waals surface area contributed by atoms with Crippen molar-refractivity contribution in [2.45, 2.75) is 20.0 Å². The zero-order valence-corrected chi connectivity index (χ0v) is 15.9. The molecule has 3 aromatic rings. The van der Waals surface area contributed by atoms with Crippen molar-refractivity contribution >= 4 is 28.2 Å². The number of pyridine rings is 1. The number of esters is 1. The van der Waals surface area contributed by atoms with Crippen molar-refractivity contribution in [2.24, 2.45) is 0 Å². The van der Waals surface area contributed by atoms with Gasteiger partial charge in [0.1, 0.15) is 0 Å². The molecule has 0 saturated heterocycles. The topological polar surface area (TPSA) is 52.5 Å². The van der Waals surface area contributed by atoms with E-state index in [2.05, 4.69) is 10.3 Å². The number of anilines is 2. The minimum absolute atomic E-state index is 0. The molecule has 0 aliphatic carbocycles. The standard InChI is InChI=1S/C20H17F3N2O2.ClH/c1-3-27-19(26)13-7-8-17-16(10-13)18(9-12(2)24-17)25-15-6-4-5-14(11-15)20(21,22)23;/h4-11H,3H2,1-2H3,(H,24,25);1H. The number of alkyl halides is 3. The number of carbonyl (C=O) groups is 1. The van der Waals surface area contributed by atoms with Gasteiger partial charge in [0.2, 0.25) is 5.52 Å². The van der Waals surface area contributed by atoms with Crippen LogP contribution in [0.2, 0.25) is 0 Å². The average Bonchev–Trinajstić information content (AvgIpc) is 2.61. The molecule has 0 fully saturated rings. The quantitative estimate of drug-likeness (QED) is 0.668. The summed E-state index contributed by atoms with van der Waals surface area (Å²) in [6.45, 7) is 3.82. The minimum atomic E-state index is -4.42. The Hall–Kier alpha value is -2.80. The summed E-state index contributed by atoms with van der Waals surface area (Å²) >= 11 is 0. The SMILES string of the molecule is CCOC(=O)c1ccc2[nH+]c(C)cc(Nc3cccc(C(F)(F)F)c3)c2c1.[Cl-]. The summed E-state index contributed by atoms with van der Waals surface area (Å²) in [4.78, 5) is 15.2. The van der Waals surface area contributed by atoms with Gasteiger partial charge in [-0.15, -0.1) is 0 Å². The summed E-state index contributed by atoms with van der Waals surface area (Å²) in [6.07, 6.45) is -4.42. The Morgan fingerprint density at radius 1 is 1.14 bits per heavy atom. The van der Waals surface area contributed by atoms with Crippen LogP contribution in [-0.2, 0) is 10.9 Å². The van der Waals surface area contributed by atoms with Gasteiger partial charge in [-0.25, -0.2) is 9.78 Å². The summed E-state index contributed by atoms with van der Waals surface area (Å²) in [5.74, 6) is -0.454. The molecule has 0 atom stereocenters. The number of aryl methyl sites for hydroxylation is 1. The molecule has 0 unspecified atom stereocenters. The molecular weight excluding hydrogens is 393 g/mol. The van der Waals surface area contributed by atoms with E-state index in [1.54, 1.807) is 37.3 Å². The number of carbonyl (C=O) groups excluding carboxylic acids is 1. The van der Waals surface area contributed by atoms with Crippen LogP contribution in [0.25, 0.3) is 10.9 Å². The summed E-state index contributed by atoms with van der Waals surface area (Å²) in [5, 5.41) is 3.70. The first kappa shape index (κ1) is 21.5. The Kier molecular flexibility index (Phi) is 6.51. The van der Waals surface area contributed by atoms with Crippen molar-refractivity contribution < 1.29 is 40.1 Å². The fourth-order valence-electron chi connectivity index (χ4n) is 2.79. The van der Waals surface area contributed by atoms with Crippen LogP contribution >= 0.6 is 0 Å². The Morgan fingerprint density at radius 2 is 1.89 bits per heavy atom. The molecule has 2 aromatic carbocycles. The first-order valence-corrected chi connectivity index (χ1v) is 8.36. The van der Waals surface area contributed by atoms with Crippen molar-refractivity contribution in [3.8, 4) is 0 Å². The summed E-state index contributed by atoms with van der Waals surface area (Å²) in [5.41, 5.74) is 2.10. The Balaban J connectivity index is 0.00000280. The third-order valence-electron chi connectivity index (χ3n) is 3.98. The largest absolute Gasteiger partial charge is 1.00 e. The first-order chi connectivity index (χ1) is 12.8. The molecule has 0 saturated carbocycles. The number of aromatic nitrogens is 1. The molecule has 0 aliphatic rings. The molecule has 0 spiro atoms. The maximum Gasteiger partial charge on any atom is 0.416 e. The maximum absolute atomic E-state index is 13.0. The Labute approximate surface area is 166 Å². The zero-order valence-electron chi connectivity index (χ0n) is 15.2. The lowest BCUT2D eigenvalue weighted by Crippen LogP contribution is -3.00. The van der Waals surface area contributed by atoms with E-state index in [4.69, 9.17) is 4.74 Å². The monoisotopic (exact) mass is 410 g/mol. The molecule has 3 rings (SSSR count). The van der Waals surface area contributed by atoms with E-state index in [0.717, 1.165) is 23.3 Å². The van der Waals surface area contributed by atoms with E-state index in [0.29, 0.717) is 22.3 Å². The van der Waals surface area contributed by atoms with Gasteiger partial charge in [0.05, 0.1) is 28.8 Å². The van der Waals surface area contributed by atoms with Crippen LogP contribution in [0.1, 0.15) is 28.5 Å². The lowest BCUT2D eigenvalue weighted by Gasteiger charge is -2.12. The normalized spacial score (nSPS) is 11.0. The Morgan fingerprint density at radius 3 is 2.57 bits per heavy atom. The van der Waals surface area contributed by atoms with Crippen LogP contribution in [0.15, 0.2) is 48.5 Å². The van der Waals surface area contributed by atoms with Gasteiger partial charge in [-0.1, -0.05) is 6.07 Å². The number of hydrogen-bond acceptors (Lipinski definition) is 3. The number of hydrogen-bond donors (Lipinski definition) is 1. The molecule has 0 amide bonds. The fourth-order valence-corrected chi connectivity index (χ4v) is 2.79. The van der Waals surface area contributed by atoms with Crippen molar-refractivity contribution in [1.82, 2.24) is 0 Å². The average molecular weight is 411 g/mol. The summed E-state index contributed by atoms with van der Waals surface area (Å²) < 4.78 is 43.9. The lowest BCUT2D eigenvalue weighted by atomic mass is 10.1. The third-order valence-corrected chi connectivity index (χ3v) is 3.98. The van der Waals surface area contributed by atoms with Crippen LogP contribution in [-0.4, -0.2) is 12.6 Å². The van der Waals surface area contributed by atoms with Gasteiger partial charge in [-0.2, -0.15) is 13.2 Å². The van der Waals surface area contributed by atoms with E-state index < -0.39 is 17.7 Å². The number of benzene rings is 2. The van der Waals surface area contributed by atoms with Crippen molar-refractivity contribution in [3.05, 3.63) is 65.4 Å². The van der Waals surface area contributed by atoms with Crippen molar-refractivity contribution in [2.75, 3.05) is 11.9 Å². The van der Waals surface area contributed by atoms with Gasteiger partial charge in [0.25, 0.3) is 0 Å². The predicted molar refractivity (Wildman–Crippen MR) is 95.9 cm³/mol.